The summed E-state index contributed by atoms with van der Waals surface area (Å²) >= 11 is 0. The van der Waals surface area contributed by atoms with Crippen molar-refractivity contribution in [2.24, 2.45) is 4.99 Å². The lowest BCUT2D eigenvalue weighted by molar-refractivity contribution is -0.384. The number of methoxy groups -OCH3 is 1. The predicted octanol–water partition coefficient (Wildman–Crippen LogP) is 2.84. The van der Waals surface area contributed by atoms with Crippen LogP contribution in [-0.2, 0) is 16.0 Å². The number of benzene rings is 2. The number of nitro groups is 1. The zero-order valence-corrected chi connectivity index (χ0v) is 13.4. The molecule has 0 saturated heterocycles. The SMILES string of the molecule is COC(=O)Cc1ccc(NC2=Nc3cc([N+](=O)[O-])ccc3OC2)cc1. The fourth-order valence-corrected chi connectivity index (χ4v) is 2.33. The third-order valence-electron chi connectivity index (χ3n) is 3.59. The van der Waals surface area contributed by atoms with E-state index in [0.717, 1.165) is 11.3 Å². The summed E-state index contributed by atoms with van der Waals surface area (Å²) in [5.41, 5.74) is 1.97. The molecule has 0 fully saturated rings. The Morgan fingerprint density at radius 3 is 2.76 bits per heavy atom. The number of esters is 1. The molecule has 0 aromatic heterocycles. The number of nitrogens with one attached hydrogen (secondary N) is 1. The van der Waals surface area contributed by atoms with E-state index in [-0.39, 0.29) is 24.7 Å². The first-order valence-corrected chi connectivity index (χ1v) is 7.47. The van der Waals surface area contributed by atoms with Crippen molar-refractivity contribution in [2.75, 3.05) is 19.0 Å². The second-order valence-electron chi connectivity index (χ2n) is 5.33. The second-order valence-corrected chi connectivity index (χ2v) is 5.33. The number of non-ortho nitro benzene ring substituents is 1. The highest BCUT2D eigenvalue weighted by Crippen LogP contribution is 2.34. The molecule has 0 saturated carbocycles. The molecule has 1 N–H and O–H groups in total. The average molecular weight is 341 g/mol. The number of fused-ring (bicyclic) bond motifs is 1. The number of rotatable bonds is 4. The number of hydrogen-bond donors (Lipinski definition) is 1. The van der Waals surface area contributed by atoms with Gasteiger partial charge in [0, 0.05) is 17.8 Å². The summed E-state index contributed by atoms with van der Waals surface area (Å²) in [7, 11) is 1.35. The summed E-state index contributed by atoms with van der Waals surface area (Å²) in [6.07, 6.45) is 0.206. The predicted molar refractivity (Wildman–Crippen MR) is 91.5 cm³/mol. The summed E-state index contributed by atoms with van der Waals surface area (Å²) in [6.45, 7) is 0.231. The number of carbonyl (C=O) groups is 1. The van der Waals surface area contributed by atoms with Crippen molar-refractivity contribution in [2.45, 2.75) is 6.42 Å². The van der Waals surface area contributed by atoms with Crippen LogP contribution in [0.15, 0.2) is 47.5 Å². The minimum absolute atomic E-state index is 0.0421. The number of nitro benzene ring substituents is 1. The van der Waals surface area contributed by atoms with Gasteiger partial charge in [0.15, 0.2) is 0 Å². The monoisotopic (exact) mass is 341 g/mol. The Morgan fingerprint density at radius 1 is 1.32 bits per heavy atom. The van der Waals surface area contributed by atoms with E-state index in [1.807, 2.05) is 24.3 Å². The number of ether oxygens (including phenoxy) is 2. The van der Waals surface area contributed by atoms with Crippen molar-refractivity contribution < 1.29 is 19.2 Å². The molecule has 1 aliphatic heterocycles. The van der Waals surface area contributed by atoms with Crippen LogP contribution in [0.25, 0.3) is 0 Å². The summed E-state index contributed by atoms with van der Waals surface area (Å²) in [5.74, 6) is 0.738. The summed E-state index contributed by atoms with van der Waals surface area (Å²) in [5, 5.41) is 14.0. The molecule has 1 heterocycles. The average Bonchev–Trinajstić information content (AvgIpc) is 2.62. The normalized spacial score (nSPS) is 12.4. The zero-order valence-electron chi connectivity index (χ0n) is 13.4. The molecule has 0 radical (unpaired) electrons. The van der Waals surface area contributed by atoms with E-state index in [4.69, 9.17) is 4.74 Å². The first-order chi connectivity index (χ1) is 12.0. The smallest absolute Gasteiger partial charge is 0.309 e. The van der Waals surface area contributed by atoms with Gasteiger partial charge in [-0.05, 0) is 23.8 Å². The molecule has 25 heavy (non-hydrogen) atoms. The van der Waals surface area contributed by atoms with Crippen molar-refractivity contribution in [3.8, 4) is 5.75 Å². The van der Waals surface area contributed by atoms with Crippen LogP contribution in [-0.4, -0.2) is 30.4 Å². The van der Waals surface area contributed by atoms with Gasteiger partial charge in [-0.1, -0.05) is 12.1 Å². The van der Waals surface area contributed by atoms with Gasteiger partial charge in [0.05, 0.1) is 18.5 Å². The van der Waals surface area contributed by atoms with Crippen LogP contribution >= 0.6 is 0 Å². The number of aliphatic imine (C=N–C) groups is 1. The topological polar surface area (TPSA) is 103 Å². The van der Waals surface area contributed by atoms with E-state index < -0.39 is 4.92 Å². The third-order valence-corrected chi connectivity index (χ3v) is 3.59. The van der Waals surface area contributed by atoms with Gasteiger partial charge in [0.1, 0.15) is 23.9 Å². The minimum atomic E-state index is -0.475. The van der Waals surface area contributed by atoms with Gasteiger partial charge in [-0.25, -0.2) is 4.99 Å². The van der Waals surface area contributed by atoms with E-state index in [1.165, 1.54) is 25.3 Å². The summed E-state index contributed by atoms with van der Waals surface area (Å²) < 4.78 is 10.2. The molecule has 0 aliphatic carbocycles. The van der Waals surface area contributed by atoms with E-state index in [2.05, 4.69) is 15.0 Å². The number of hydrogen-bond acceptors (Lipinski definition) is 7. The lowest BCUT2D eigenvalue weighted by Crippen LogP contribution is -2.23. The Labute approximate surface area is 143 Å². The molecule has 3 rings (SSSR count). The summed E-state index contributed by atoms with van der Waals surface area (Å²) in [6, 6.07) is 11.5. The Balaban J connectivity index is 1.74. The second kappa shape index (κ2) is 7.00. The number of amidine groups is 1. The minimum Gasteiger partial charge on any atom is -0.483 e. The van der Waals surface area contributed by atoms with E-state index >= 15 is 0 Å². The third kappa shape index (κ3) is 3.92. The molecule has 0 unspecified atom stereocenters. The maximum absolute atomic E-state index is 11.3. The fourth-order valence-electron chi connectivity index (χ4n) is 2.33. The van der Waals surface area contributed by atoms with E-state index in [9.17, 15) is 14.9 Å². The quantitative estimate of drug-likeness (QED) is 0.521. The van der Waals surface area contributed by atoms with Crippen LogP contribution in [0.3, 0.4) is 0 Å². The van der Waals surface area contributed by atoms with Gasteiger partial charge in [-0.15, -0.1) is 0 Å². The molecule has 0 atom stereocenters. The fraction of sp³-hybridized carbons (Fsp3) is 0.176. The van der Waals surface area contributed by atoms with Crippen molar-refractivity contribution in [1.29, 1.82) is 0 Å². The van der Waals surface area contributed by atoms with Gasteiger partial charge in [0.2, 0.25) is 0 Å². The molecule has 8 nitrogen and oxygen atoms in total. The highest BCUT2D eigenvalue weighted by atomic mass is 16.6. The van der Waals surface area contributed by atoms with Crippen LogP contribution in [0.2, 0.25) is 0 Å². The van der Waals surface area contributed by atoms with Crippen molar-refractivity contribution in [3.05, 3.63) is 58.1 Å². The first-order valence-electron chi connectivity index (χ1n) is 7.47. The van der Waals surface area contributed by atoms with E-state index in [0.29, 0.717) is 17.3 Å². The van der Waals surface area contributed by atoms with Crippen LogP contribution in [0, 0.1) is 10.1 Å². The number of anilines is 1. The van der Waals surface area contributed by atoms with Crippen molar-refractivity contribution >= 4 is 28.9 Å². The standard InChI is InChI=1S/C17H15N3O5/c1-24-17(21)8-11-2-4-12(5-3-11)18-16-10-25-15-7-6-13(20(22)23)9-14(15)19-16/h2-7,9H,8,10H2,1H3,(H,18,19). The lowest BCUT2D eigenvalue weighted by atomic mass is 10.1. The van der Waals surface area contributed by atoms with Gasteiger partial charge >= 0.3 is 5.97 Å². The molecule has 0 bridgehead atoms. The molecule has 0 spiro atoms. The molecule has 0 amide bonds. The Hall–Kier alpha value is -3.42. The lowest BCUT2D eigenvalue weighted by Gasteiger charge is -2.18. The van der Waals surface area contributed by atoms with Gasteiger partial charge in [-0.3, -0.25) is 14.9 Å². The molecular formula is C17H15N3O5. The number of carbonyl (C=O) groups excluding carboxylic acids is 1. The highest BCUT2D eigenvalue weighted by molar-refractivity contribution is 5.99. The molecule has 128 valence electrons. The molecule has 1 aliphatic rings. The first kappa shape index (κ1) is 16.4. The largest absolute Gasteiger partial charge is 0.483 e. The van der Waals surface area contributed by atoms with Crippen LogP contribution < -0.4 is 10.1 Å². The van der Waals surface area contributed by atoms with Crippen LogP contribution in [0.5, 0.6) is 5.75 Å². The molecule has 2 aromatic carbocycles. The number of nitrogens with zero attached hydrogens (tertiary/aromatic N) is 2. The molecular weight excluding hydrogens is 326 g/mol. The zero-order chi connectivity index (χ0) is 17.8. The van der Waals surface area contributed by atoms with Gasteiger partial charge in [-0.2, -0.15) is 0 Å². The Morgan fingerprint density at radius 2 is 2.08 bits per heavy atom. The van der Waals surface area contributed by atoms with Crippen LogP contribution in [0.1, 0.15) is 5.56 Å². The summed E-state index contributed by atoms with van der Waals surface area (Å²) in [4.78, 5) is 26.0. The molecule has 2 aromatic rings. The highest BCUT2D eigenvalue weighted by Gasteiger charge is 2.17. The van der Waals surface area contributed by atoms with Gasteiger partial charge in [0.25, 0.3) is 5.69 Å². The van der Waals surface area contributed by atoms with Crippen LogP contribution in [0.4, 0.5) is 17.1 Å². The van der Waals surface area contributed by atoms with Crippen molar-refractivity contribution in [3.63, 3.8) is 0 Å². The maximum Gasteiger partial charge on any atom is 0.309 e. The Kier molecular flexibility index (Phi) is 4.60. The van der Waals surface area contributed by atoms with Gasteiger partial charge < -0.3 is 14.8 Å². The van der Waals surface area contributed by atoms with Crippen molar-refractivity contribution in [1.82, 2.24) is 0 Å². The maximum atomic E-state index is 11.3. The van der Waals surface area contributed by atoms with E-state index in [1.54, 1.807) is 0 Å². The molecule has 8 heteroatoms. The Bertz CT molecular complexity index is 846.